The van der Waals surface area contributed by atoms with Gasteiger partial charge in [-0.05, 0) is 53.8 Å². The van der Waals surface area contributed by atoms with Crippen LogP contribution in [0.15, 0.2) is 77.1 Å². The summed E-state index contributed by atoms with van der Waals surface area (Å²) in [6.45, 7) is 8.07. The molecular formula is C30H36N6O5S. The van der Waals surface area contributed by atoms with Crippen LogP contribution in [0.3, 0.4) is 0 Å². The van der Waals surface area contributed by atoms with E-state index in [0.717, 1.165) is 17.4 Å². The highest BCUT2D eigenvalue weighted by Gasteiger charge is 2.29. The number of nitrogens with zero attached hydrogens (tertiary/aromatic N) is 3. The van der Waals surface area contributed by atoms with Crippen molar-refractivity contribution in [2.75, 3.05) is 35.0 Å². The van der Waals surface area contributed by atoms with Crippen LogP contribution in [0, 0.1) is 0 Å². The van der Waals surface area contributed by atoms with Gasteiger partial charge in [0.1, 0.15) is 0 Å². The first-order valence-corrected chi connectivity index (χ1v) is 15.3. The monoisotopic (exact) mass is 592 g/mol. The molecule has 0 bridgehead atoms. The first-order chi connectivity index (χ1) is 19.7. The molecule has 0 fully saturated rings. The summed E-state index contributed by atoms with van der Waals surface area (Å²) in [5, 5.41) is 15.7. The van der Waals surface area contributed by atoms with Gasteiger partial charge >= 0.3 is 0 Å². The van der Waals surface area contributed by atoms with Gasteiger partial charge in [-0.1, -0.05) is 62.4 Å². The Kier molecular flexibility index (Phi) is 8.86. The molecule has 12 heteroatoms. The number of benzene rings is 3. The number of hydrogen-bond donors (Lipinski definition) is 3. The van der Waals surface area contributed by atoms with Gasteiger partial charge in [0.2, 0.25) is 15.9 Å². The lowest BCUT2D eigenvalue weighted by molar-refractivity contribution is -0.122. The van der Waals surface area contributed by atoms with Gasteiger partial charge < -0.3 is 15.4 Å². The largest absolute Gasteiger partial charge is 0.492 e. The van der Waals surface area contributed by atoms with Gasteiger partial charge in [-0.25, -0.2) is 13.4 Å². The van der Waals surface area contributed by atoms with E-state index in [1.54, 1.807) is 41.4 Å². The Hall–Kier alpha value is -4.45. The minimum atomic E-state index is -3.61. The number of carbonyl (C=O) groups is 2. The molecule has 1 heterocycles. The minimum Gasteiger partial charge on any atom is -0.492 e. The number of ether oxygens (including phenoxy) is 1. The molecule has 0 radical (unpaired) electrons. The fourth-order valence-corrected chi connectivity index (χ4v) is 4.99. The molecule has 1 aliphatic rings. The molecule has 222 valence electrons. The third-order valence-corrected chi connectivity index (χ3v) is 7.31. The summed E-state index contributed by atoms with van der Waals surface area (Å²) >= 11 is 0. The quantitative estimate of drug-likeness (QED) is 0.318. The van der Waals surface area contributed by atoms with Crippen LogP contribution < -0.4 is 25.1 Å². The molecule has 42 heavy (non-hydrogen) atoms. The zero-order valence-electron chi connectivity index (χ0n) is 24.5. The lowest BCUT2D eigenvalue weighted by Gasteiger charge is -2.24. The van der Waals surface area contributed by atoms with Crippen molar-refractivity contribution >= 4 is 38.9 Å². The summed E-state index contributed by atoms with van der Waals surface area (Å²) in [7, 11) is -2.21. The summed E-state index contributed by atoms with van der Waals surface area (Å²) < 4.78 is 32.0. The summed E-state index contributed by atoms with van der Waals surface area (Å²) in [5.74, 6) is -0.491. The van der Waals surface area contributed by atoms with Crippen molar-refractivity contribution < 1.29 is 22.7 Å². The Morgan fingerprint density at radius 1 is 1.02 bits per heavy atom. The maximum absolute atomic E-state index is 13.4. The van der Waals surface area contributed by atoms with E-state index >= 15 is 0 Å². The highest BCUT2D eigenvalue weighted by atomic mass is 32.2. The standard InChI is InChI=1S/C30H36N6O5S/c1-19(20-11-8-7-9-12-20)31-29(38)26-18-36(35-33-26)23-14-10-13-21(15-23)28(37)32-24-16-22(30(2,3)4)17-25(27(24)41-5)34-42(6,39)40/h7-17,19,26,34H,18H2,1-6H3,(H,31,38)(H,32,37)/t19-,26?/m1/s1. The highest BCUT2D eigenvalue weighted by Crippen LogP contribution is 2.39. The fraction of sp³-hybridized carbons (Fsp3) is 0.333. The second-order valence-electron chi connectivity index (χ2n) is 11.2. The predicted molar refractivity (Wildman–Crippen MR) is 164 cm³/mol. The van der Waals surface area contributed by atoms with Crippen LogP contribution in [0.1, 0.15) is 55.2 Å². The van der Waals surface area contributed by atoms with Gasteiger partial charge in [-0.2, -0.15) is 5.11 Å². The first-order valence-electron chi connectivity index (χ1n) is 13.4. The van der Waals surface area contributed by atoms with Crippen molar-refractivity contribution in [2.45, 2.75) is 45.2 Å². The van der Waals surface area contributed by atoms with Crippen LogP contribution in [0.5, 0.6) is 5.75 Å². The third-order valence-electron chi connectivity index (χ3n) is 6.71. The normalized spacial score (nSPS) is 15.7. The molecule has 0 saturated heterocycles. The highest BCUT2D eigenvalue weighted by molar-refractivity contribution is 7.92. The van der Waals surface area contributed by atoms with Crippen LogP contribution in [-0.4, -0.2) is 46.2 Å². The molecule has 0 aromatic heterocycles. The molecule has 0 saturated carbocycles. The van der Waals surface area contributed by atoms with E-state index in [2.05, 4.69) is 25.7 Å². The van der Waals surface area contributed by atoms with Crippen LogP contribution >= 0.6 is 0 Å². The van der Waals surface area contributed by atoms with E-state index < -0.39 is 22.0 Å². The van der Waals surface area contributed by atoms with Gasteiger partial charge in [0.05, 0.1) is 43.0 Å². The van der Waals surface area contributed by atoms with Crippen molar-refractivity contribution in [3.05, 3.63) is 83.4 Å². The Morgan fingerprint density at radius 2 is 1.71 bits per heavy atom. The van der Waals surface area contributed by atoms with Crippen molar-refractivity contribution in [3.8, 4) is 5.75 Å². The molecule has 0 spiro atoms. The zero-order valence-corrected chi connectivity index (χ0v) is 25.3. The van der Waals surface area contributed by atoms with Crippen LogP contribution in [-0.2, 0) is 20.2 Å². The summed E-state index contributed by atoms with van der Waals surface area (Å²) in [4.78, 5) is 26.2. The van der Waals surface area contributed by atoms with E-state index in [-0.39, 0.29) is 35.3 Å². The second kappa shape index (κ2) is 12.2. The molecule has 3 aromatic carbocycles. The van der Waals surface area contributed by atoms with E-state index in [4.69, 9.17) is 4.74 Å². The Labute approximate surface area is 246 Å². The fourth-order valence-electron chi connectivity index (χ4n) is 4.44. The van der Waals surface area contributed by atoms with Gasteiger partial charge in [-0.3, -0.25) is 14.3 Å². The molecular weight excluding hydrogens is 556 g/mol. The predicted octanol–water partition coefficient (Wildman–Crippen LogP) is 5.05. The topological polar surface area (TPSA) is 142 Å². The average molecular weight is 593 g/mol. The number of methoxy groups -OCH3 is 1. The first kappa shape index (κ1) is 30.5. The summed E-state index contributed by atoms with van der Waals surface area (Å²) in [6, 6.07) is 19.0. The number of anilines is 3. The molecule has 4 rings (SSSR count). The van der Waals surface area contributed by atoms with Crippen molar-refractivity contribution in [1.82, 2.24) is 5.32 Å². The molecule has 0 aliphatic carbocycles. The van der Waals surface area contributed by atoms with Gasteiger partial charge in [0.15, 0.2) is 11.8 Å². The van der Waals surface area contributed by atoms with Gasteiger partial charge in [-0.15, -0.1) is 0 Å². The average Bonchev–Trinajstić information content (AvgIpc) is 3.43. The maximum atomic E-state index is 13.4. The van der Waals surface area contributed by atoms with E-state index in [9.17, 15) is 18.0 Å². The van der Waals surface area contributed by atoms with Gasteiger partial charge in [0, 0.05) is 5.56 Å². The minimum absolute atomic E-state index is 0.183. The number of amides is 2. The Balaban J connectivity index is 1.51. The lowest BCUT2D eigenvalue weighted by atomic mass is 9.86. The Morgan fingerprint density at radius 3 is 2.36 bits per heavy atom. The van der Waals surface area contributed by atoms with E-state index in [1.165, 1.54) is 7.11 Å². The third kappa shape index (κ3) is 7.43. The molecule has 3 N–H and O–H groups in total. The van der Waals surface area contributed by atoms with E-state index in [1.807, 2.05) is 58.0 Å². The second-order valence-corrected chi connectivity index (χ2v) is 12.9. The summed E-state index contributed by atoms with van der Waals surface area (Å²) in [6.07, 6.45) is 1.05. The molecule has 3 aromatic rings. The van der Waals surface area contributed by atoms with Crippen molar-refractivity contribution in [3.63, 3.8) is 0 Å². The van der Waals surface area contributed by atoms with E-state index in [0.29, 0.717) is 16.9 Å². The maximum Gasteiger partial charge on any atom is 0.255 e. The molecule has 2 atom stereocenters. The van der Waals surface area contributed by atoms with Crippen LogP contribution in [0.25, 0.3) is 0 Å². The van der Waals surface area contributed by atoms with Crippen LogP contribution in [0.4, 0.5) is 17.1 Å². The van der Waals surface area contributed by atoms with Gasteiger partial charge in [0.25, 0.3) is 5.91 Å². The number of nitrogens with one attached hydrogen (secondary N) is 3. The molecule has 2 amide bonds. The Bertz CT molecular complexity index is 1600. The van der Waals surface area contributed by atoms with Crippen molar-refractivity contribution in [2.24, 2.45) is 10.3 Å². The molecule has 1 unspecified atom stereocenters. The molecule has 11 nitrogen and oxygen atoms in total. The smallest absolute Gasteiger partial charge is 0.255 e. The lowest BCUT2D eigenvalue weighted by Crippen LogP contribution is -2.38. The van der Waals surface area contributed by atoms with Crippen molar-refractivity contribution in [1.29, 1.82) is 0 Å². The zero-order chi connectivity index (χ0) is 30.7. The number of hydrogen-bond acceptors (Lipinski definition) is 8. The molecule has 1 aliphatic heterocycles. The number of sulfonamides is 1. The number of rotatable bonds is 9. The SMILES string of the molecule is COc1c(NC(=O)c2cccc(N3CC(C(=O)N[C@H](C)c4ccccc4)N=N3)c2)cc(C(C)(C)C)cc1NS(C)(=O)=O. The number of carbonyl (C=O) groups excluding carboxylic acids is 2. The summed E-state index contributed by atoms with van der Waals surface area (Å²) in [5.41, 5.74) is 2.89. The van der Waals surface area contributed by atoms with Crippen LogP contribution in [0.2, 0.25) is 0 Å².